The summed E-state index contributed by atoms with van der Waals surface area (Å²) in [6.07, 6.45) is 5.06. The van der Waals surface area contributed by atoms with Crippen LogP contribution in [-0.4, -0.2) is 109 Å². The van der Waals surface area contributed by atoms with Gasteiger partial charge in [0.05, 0.1) is 36.0 Å². The van der Waals surface area contributed by atoms with Crippen molar-refractivity contribution >= 4 is 29.1 Å². The van der Waals surface area contributed by atoms with Gasteiger partial charge in [-0.15, -0.1) is 11.3 Å². The van der Waals surface area contributed by atoms with Crippen molar-refractivity contribution in [1.29, 1.82) is 0 Å². The molecule has 3 heterocycles. The number of allylic oxidation sites excluding steroid dienone is 5. The molecule has 16 atom stereocenters. The normalized spacial score (nSPS) is 38.7. The third kappa shape index (κ3) is 14.5. The molecule has 63 heavy (non-hydrogen) atoms. The van der Waals surface area contributed by atoms with Crippen molar-refractivity contribution in [1.82, 2.24) is 4.98 Å². The molecule has 0 spiro atoms. The Hall–Kier alpha value is -3.08. The van der Waals surface area contributed by atoms with Crippen molar-refractivity contribution in [3.05, 3.63) is 63.7 Å². The molecule has 356 valence electrons. The summed E-state index contributed by atoms with van der Waals surface area (Å²) in [5.41, 5.74) is -1.92. The lowest BCUT2D eigenvalue weighted by Gasteiger charge is -2.37. The molecule has 0 radical (unpaired) electrons. The molecule has 1 saturated heterocycles. The minimum absolute atomic E-state index is 0.0203. The monoisotopic (exact) mass is 904 g/mol. The zero-order valence-corrected chi connectivity index (χ0v) is 40.8. The number of rotatable bonds is 9. The van der Waals surface area contributed by atoms with Crippen LogP contribution >= 0.6 is 11.3 Å². The average Bonchev–Trinajstić information content (AvgIpc) is 3.56. The van der Waals surface area contributed by atoms with Crippen molar-refractivity contribution < 1.29 is 58.9 Å². The van der Waals surface area contributed by atoms with Crippen LogP contribution in [0.5, 0.6) is 0 Å². The highest BCUT2D eigenvalue weighted by Crippen LogP contribution is 2.46. The fourth-order valence-electron chi connectivity index (χ4n) is 8.08. The number of aliphatic hydroxyl groups excluding tert-OH is 4. The minimum Gasteiger partial charge on any atom is -0.455 e. The largest absolute Gasteiger partial charge is 0.455 e. The van der Waals surface area contributed by atoms with E-state index in [0.29, 0.717) is 24.8 Å². The number of carbonyl (C=O) groups is 3. The molecule has 13 nitrogen and oxygen atoms in total. The first-order valence-electron chi connectivity index (χ1n) is 22.5. The number of epoxide rings is 1. The van der Waals surface area contributed by atoms with Gasteiger partial charge in [0.25, 0.3) is 0 Å². The van der Waals surface area contributed by atoms with Crippen LogP contribution in [-0.2, 0) is 45.4 Å². The van der Waals surface area contributed by atoms with Crippen LogP contribution in [0.1, 0.15) is 126 Å². The number of aromatic nitrogens is 1. The fraction of sp³-hybridized carbons (Fsp3) is 0.714. The molecule has 0 bridgehead atoms. The summed E-state index contributed by atoms with van der Waals surface area (Å²) in [7, 11) is 1.44. The number of ketones is 1. The van der Waals surface area contributed by atoms with Crippen molar-refractivity contribution in [2.75, 3.05) is 7.11 Å². The summed E-state index contributed by atoms with van der Waals surface area (Å²) in [4.78, 5) is 46.2. The fourth-order valence-corrected chi connectivity index (χ4v) is 9.08. The summed E-state index contributed by atoms with van der Waals surface area (Å²) in [6, 6.07) is 0. The number of esters is 2. The number of methoxy groups -OCH3 is 1. The Bertz CT molecular complexity index is 1820. The predicted octanol–water partition coefficient (Wildman–Crippen LogP) is 6.73. The second-order valence-electron chi connectivity index (χ2n) is 19.3. The van der Waals surface area contributed by atoms with Crippen LogP contribution in [0, 0.1) is 35.5 Å². The Morgan fingerprint density at radius 1 is 1.08 bits per heavy atom. The van der Waals surface area contributed by atoms with Crippen LogP contribution in [0.15, 0.2) is 53.0 Å². The molecule has 0 amide bonds. The van der Waals surface area contributed by atoms with Gasteiger partial charge in [-0.3, -0.25) is 9.59 Å². The molecule has 1 aromatic heterocycles. The Labute approximate surface area is 379 Å². The van der Waals surface area contributed by atoms with Crippen molar-refractivity contribution in [3.8, 4) is 0 Å². The highest BCUT2D eigenvalue weighted by molar-refractivity contribution is 7.09. The number of thiazole rings is 1. The molecule has 1 fully saturated rings. The number of ether oxygens (including phenoxy) is 4. The molecule has 0 saturated carbocycles. The molecule has 14 heteroatoms. The average molecular weight is 904 g/mol. The molecular formula is C49H77NO12S. The maximum absolute atomic E-state index is 14.6. The third-order valence-electron chi connectivity index (χ3n) is 13.1. The van der Waals surface area contributed by atoms with Crippen molar-refractivity contribution in [3.63, 3.8) is 0 Å². The predicted molar refractivity (Wildman–Crippen MR) is 243 cm³/mol. The highest BCUT2D eigenvalue weighted by Gasteiger charge is 2.53. The first kappa shape index (κ1) is 54.3. The number of carbonyl (C=O) groups excluding carboxylic acids is 3. The molecule has 5 N–H and O–H groups in total. The third-order valence-corrected chi connectivity index (χ3v) is 14.3. The topological polar surface area (TPSA) is 205 Å². The van der Waals surface area contributed by atoms with E-state index in [1.807, 2.05) is 33.1 Å². The van der Waals surface area contributed by atoms with Gasteiger partial charge >= 0.3 is 11.9 Å². The van der Waals surface area contributed by atoms with Crippen LogP contribution in [0.25, 0.3) is 0 Å². The van der Waals surface area contributed by atoms with E-state index < -0.39 is 89.0 Å². The van der Waals surface area contributed by atoms with E-state index in [2.05, 4.69) is 0 Å². The van der Waals surface area contributed by atoms with Gasteiger partial charge < -0.3 is 44.5 Å². The first-order valence-corrected chi connectivity index (χ1v) is 23.3. The van der Waals surface area contributed by atoms with Gasteiger partial charge in [-0.2, -0.15) is 0 Å². The smallest absolute Gasteiger partial charge is 0.350 e. The molecule has 2 aliphatic heterocycles. The standard InChI is InChI=1S/C49H77NO12S/c1-27-21-22-48(12,62-44(56)33(7)35(9)51)46(57)60-43(47(11,58)25-28(2)23-37-26-63-45(50-37)49(13)36(10)61-49)32(6)20-16-19-31(5)42(59-14)41(55)40(54)30(4)18-15-17-29(3)39(53)34(8)38(52)24-27/h15-17,19-20,25-27,29-30,32-36,38,40-43,51-52,54-55,58H,18,21-24H2,1-14H3/b17-15-,20-16+,28-25-,31-19+. The number of hydrogen-bond acceptors (Lipinski definition) is 14. The molecule has 1 aromatic rings. The van der Waals surface area contributed by atoms with E-state index in [1.54, 1.807) is 78.0 Å². The number of hydrogen-bond donors (Lipinski definition) is 5. The second-order valence-corrected chi connectivity index (χ2v) is 20.1. The summed E-state index contributed by atoms with van der Waals surface area (Å²) in [5, 5.41) is 59.1. The number of Topliss-reactive ketones (excluding diaryl/α,β-unsaturated/α-hetero) is 1. The molecule has 0 aliphatic carbocycles. The Kier molecular flexibility index (Phi) is 19.7. The van der Waals surface area contributed by atoms with Gasteiger partial charge in [0, 0.05) is 36.7 Å². The molecule has 0 aromatic carbocycles. The summed E-state index contributed by atoms with van der Waals surface area (Å²) in [5.74, 6) is -5.38. The van der Waals surface area contributed by atoms with E-state index >= 15 is 0 Å². The number of nitrogens with zero attached hydrogens (tertiary/aromatic N) is 1. The second kappa shape index (κ2) is 22.9. The molecular weight excluding hydrogens is 827 g/mol. The van der Waals surface area contributed by atoms with Crippen molar-refractivity contribution in [2.45, 2.75) is 182 Å². The van der Waals surface area contributed by atoms with Crippen LogP contribution < -0.4 is 0 Å². The van der Waals surface area contributed by atoms with Gasteiger partial charge in [-0.1, -0.05) is 76.6 Å². The molecule has 3 rings (SSSR count). The zero-order valence-electron chi connectivity index (χ0n) is 40.0. The lowest BCUT2D eigenvalue weighted by atomic mass is 9.84. The van der Waals surface area contributed by atoms with Gasteiger partial charge in [0.15, 0.2) is 0 Å². The van der Waals surface area contributed by atoms with E-state index in [9.17, 15) is 39.9 Å². The quantitative estimate of drug-likeness (QED) is 0.0993. The van der Waals surface area contributed by atoms with Gasteiger partial charge in [0.2, 0.25) is 5.60 Å². The van der Waals surface area contributed by atoms with Gasteiger partial charge in [-0.05, 0) is 98.5 Å². The van der Waals surface area contributed by atoms with E-state index in [-0.39, 0.29) is 36.6 Å². The van der Waals surface area contributed by atoms with Gasteiger partial charge in [0.1, 0.15) is 40.3 Å². The SMILES string of the molecule is COC1/C(C)=C/C=C/C(C)C(C(C)(O)/C=C(/C)Cc2csc(C3(C)OC3C)n2)OC(=O)C(C)(OC(=O)C(C)C(C)O)CCC(C)CC(O)C(C)C(=O)C(C)/C=C\CC(C)C(O)C1O. The summed E-state index contributed by atoms with van der Waals surface area (Å²) in [6.45, 7) is 22.4. The Balaban J connectivity index is 2.11. The Morgan fingerprint density at radius 3 is 2.30 bits per heavy atom. The highest BCUT2D eigenvalue weighted by atomic mass is 32.1. The van der Waals surface area contributed by atoms with Crippen LogP contribution in [0.4, 0.5) is 0 Å². The Morgan fingerprint density at radius 2 is 1.71 bits per heavy atom. The zero-order chi connectivity index (χ0) is 47.8. The number of cyclic esters (lactones) is 1. The summed E-state index contributed by atoms with van der Waals surface area (Å²) >= 11 is 1.51. The van der Waals surface area contributed by atoms with Gasteiger partial charge in [-0.25, -0.2) is 9.78 Å². The minimum atomic E-state index is -1.88. The first-order chi connectivity index (χ1) is 29.2. The molecule has 2 aliphatic rings. The van der Waals surface area contributed by atoms with Crippen LogP contribution in [0.3, 0.4) is 0 Å². The van der Waals surface area contributed by atoms with E-state index in [4.69, 9.17) is 23.9 Å². The van der Waals surface area contributed by atoms with E-state index in [0.717, 1.165) is 16.3 Å². The lowest BCUT2D eigenvalue weighted by molar-refractivity contribution is -0.197. The summed E-state index contributed by atoms with van der Waals surface area (Å²) < 4.78 is 23.6. The van der Waals surface area contributed by atoms with Crippen LogP contribution in [0.2, 0.25) is 0 Å². The maximum Gasteiger partial charge on any atom is 0.350 e. The molecule has 16 unspecified atom stereocenters. The maximum atomic E-state index is 14.6. The van der Waals surface area contributed by atoms with Crippen molar-refractivity contribution in [2.24, 2.45) is 35.5 Å². The van der Waals surface area contributed by atoms with E-state index in [1.165, 1.54) is 39.2 Å². The lowest BCUT2D eigenvalue weighted by Crippen LogP contribution is -2.51. The number of aliphatic hydroxyl groups is 5.